The summed E-state index contributed by atoms with van der Waals surface area (Å²) in [5.74, 6) is 0.894. The Hall–Kier alpha value is -1.63. The fourth-order valence-corrected chi connectivity index (χ4v) is 3.99. The Balaban J connectivity index is 1.65. The SMILES string of the molecule is CCOc1ccc(N=c2scc(C)n2CCC[NH+]2CCOCC2)cc1. The van der Waals surface area contributed by atoms with Crippen molar-refractivity contribution in [1.82, 2.24) is 4.57 Å². The molecule has 1 aromatic carbocycles. The monoisotopic (exact) mass is 362 g/mol. The molecule has 3 rings (SSSR count). The minimum Gasteiger partial charge on any atom is -0.494 e. The molecule has 1 aliphatic heterocycles. The molecule has 6 heteroatoms. The van der Waals surface area contributed by atoms with E-state index in [1.54, 1.807) is 16.2 Å². The molecule has 5 nitrogen and oxygen atoms in total. The summed E-state index contributed by atoms with van der Waals surface area (Å²) in [7, 11) is 0. The maximum Gasteiger partial charge on any atom is 0.190 e. The Morgan fingerprint density at radius 2 is 2.00 bits per heavy atom. The Morgan fingerprint density at radius 1 is 1.24 bits per heavy atom. The van der Waals surface area contributed by atoms with Crippen LogP contribution in [0.25, 0.3) is 0 Å². The van der Waals surface area contributed by atoms with Gasteiger partial charge in [0, 0.05) is 24.0 Å². The average Bonchev–Trinajstić information content (AvgIpc) is 2.98. The smallest absolute Gasteiger partial charge is 0.190 e. The van der Waals surface area contributed by atoms with Crippen molar-refractivity contribution in [2.45, 2.75) is 26.8 Å². The van der Waals surface area contributed by atoms with Gasteiger partial charge in [-0.05, 0) is 38.1 Å². The molecule has 1 N–H and O–H groups in total. The molecule has 0 radical (unpaired) electrons. The van der Waals surface area contributed by atoms with Crippen LogP contribution in [0.2, 0.25) is 0 Å². The van der Waals surface area contributed by atoms with Gasteiger partial charge in [0.05, 0.1) is 32.1 Å². The van der Waals surface area contributed by atoms with E-state index in [1.165, 1.54) is 18.7 Å². The third kappa shape index (κ3) is 5.17. The standard InChI is InChI=1S/C19H27N3O2S/c1-3-24-18-7-5-17(6-8-18)20-19-22(16(2)15-25-19)10-4-9-21-11-13-23-14-12-21/h5-8,15H,3-4,9-14H2,1-2H3/p+1. The van der Waals surface area contributed by atoms with Crippen LogP contribution in [0.3, 0.4) is 0 Å². The fraction of sp³-hybridized carbons (Fsp3) is 0.526. The van der Waals surface area contributed by atoms with Gasteiger partial charge in [-0.3, -0.25) is 0 Å². The lowest BCUT2D eigenvalue weighted by Gasteiger charge is -2.23. The van der Waals surface area contributed by atoms with E-state index in [0.717, 1.165) is 49.1 Å². The van der Waals surface area contributed by atoms with Crippen molar-refractivity contribution in [1.29, 1.82) is 0 Å². The third-order valence-electron chi connectivity index (χ3n) is 4.48. The molecule has 1 aliphatic rings. The van der Waals surface area contributed by atoms with Gasteiger partial charge in [-0.2, -0.15) is 0 Å². The second kappa shape index (κ2) is 9.17. The summed E-state index contributed by atoms with van der Waals surface area (Å²) in [6.45, 7) is 11.1. The van der Waals surface area contributed by atoms with Crippen LogP contribution in [0.5, 0.6) is 5.75 Å². The maximum atomic E-state index is 5.49. The first-order valence-electron chi connectivity index (χ1n) is 9.10. The third-order valence-corrected chi connectivity index (χ3v) is 5.46. The second-order valence-electron chi connectivity index (χ2n) is 6.32. The number of aryl methyl sites for hydroxylation is 1. The lowest BCUT2D eigenvalue weighted by atomic mass is 10.3. The van der Waals surface area contributed by atoms with E-state index in [0.29, 0.717) is 6.61 Å². The van der Waals surface area contributed by atoms with Crippen molar-refractivity contribution in [3.05, 3.63) is 40.1 Å². The summed E-state index contributed by atoms with van der Waals surface area (Å²) in [4.78, 5) is 7.55. The molecule has 0 unspecified atom stereocenters. The minimum absolute atomic E-state index is 0.686. The van der Waals surface area contributed by atoms with Crippen LogP contribution in [0, 0.1) is 6.92 Å². The summed E-state index contributed by atoms with van der Waals surface area (Å²) < 4.78 is 13.3. The van der Waals surface area contributed by atoms with Gasteiger partial charge in [-0.1, -0.05) is 0 Å². The van der Waals surface area contributed by atoms with Crippen molar-refractivity contribution in [3.8, 4) is 5.75 Å². The molecule has 136 valence electrons. The lowest BCUT2D eigenvalue weighted by Crippen LogP contribution is -3.14. The number of nitrogens with one attached hydrogen (secondary N) is 1. The molecule has 1 saturated heterocycles. The minimum atomic E-state index is 0.686. The van der Waals surface area contributed by atoms with Crippen molar-refractivity contribution in [2.24, 2.45) is 4.99 Å². The fourth-order valence-electron chi connectivity index (χ4n) is 3.07. The molecule has 1 aromatic heterocycles. The Morgan fingerprint density at radius 3 is 2.72 bits per heavy atom. The lowest BCUT2D eigenvalue weighted by molar-refractivity contribution is -0.908. The van der Waals surface area contributed by atoms with Crippen molar-refractivity contribution in [2.75, 3.05) is 39.5 Å². The number of benzene rings is 1. The number of hydrogen-bond donors (Lipinski definition) is 1. The van der Waals surface area contributed by atoms with Crippen molar-refractivity contribution in [3.63, 3.8) is 0 Å². The van der Waals surface area contributed by atoms with Gasteiger partial charge >= 0.3 is 0 Å². The molecule has 25 heavy (non-hydrogen) atoms. The van der Waals surface area contributed by atoms with Crippen LogP contribution in [-0.2, 0) is 11.3 Å². The molecule has 0 saturated carbocycles. The van der Waals surface area contributed by atoms with Gasteiger partial charge in [0.1, 0.15) is 18.8 Å². The van der Waals surface area contributed by atoms with Gasteiger partial charge in [-0.25, -0.2) is 4.99 Å². The molecular weight excluding hydrogens is 334 g/mol. The Bertz CT molecular complexity index is 715. The molecule has 0 spiro atoms. The molecular formula is C19H28N3O2S+. The van der Waals surface area contributed by atoms with Gasteiger partial charge < -0.3 is 18.9 Å². The van der Waals surface area contributed by atoms with Gasteiger partial charge in [-0.15, -0.1) is 11.3 Å². The topological polar surface area (TPSA) is 40.2 Å². The molecule has 0 atom stereocenters. The Labute approximate surface area is 153 Å². The maximum absolute atomic E-state index is 5.49. The highest BCUT2D eigenvalue weighted by atomic mass is 32.1. The highest BCUT2D eigenvalue weighted by molar-refractivity contribution is 7.07. The normalized spacial score (nSPS) is 16.3. The Kier molecular flexibility index (Phi) is 6.67. The molecule has 2 aromatic rings. The highest BCUT2D eigenvalue weighted by Crippen LogP contribution is 2.17. The zero-order chi connectivity index (χ0) is 17.5. The van der Waals surface area contributed by atoms with E-state index in [4.69, 9.17) is 14.5 Å². The number of nitrogens with zero attached hydrogens (tertiary/aromatic N) is 2. The first-order valence-corrected chi connectivity index (χ1v) is 9.98. The van der Waals surface area contributed by atoms with E-state index in [2.05, 4.69) is 16.9 Å². The number of aromatic nitrogens is 1. The first-order chi connectivity index (χ1) is 12.3. The van der Waals surface area contributed by atoms with Crippen LogP contribution in [0.15, 0.2) is 34.6 Å². The molecule has 0 amide bonds. The molecule has 0 bridgehead atoms. The van der Waals surface area contributed by atoms with E-state index in [-0.39, 0.29) is 0 Å². The molecule has 1 fully saturated rings. The van der Waals surface area contributed by atoms with Crippen molar-refractivity contribution >= 4 is 17.0 Å². The van der Waals surface area contributed by atoms with Crippen LogP contribution in [0.1, 0.15) is 19.0 Å². The van der Waals surface area contributed by atoms with Gasteiger partial charge in [0.15, 0.2) is 4.80 Å². The number of ether oxygens (including phenoxy) is 2. The van der Waals surface area contributed by atoms with Gasteiger partial charge in [0.25, 0.3) is 0 Å². The van der Waals surface area contributed by atoms with E-state index >= 15 is 0 Å². The largest absolute Gasteiger partial charge is 0.494 e. The van der Waals surface area contributed by atoms with E-state index in [9.17, 15) is 0 Å². The van der Waals surface area contributed by atoms with Crippen LogP contribution in [0.4, 0.5) is 5.69 Å². The number of thiazole rings is 1. The van der Waals surface area contributed by atoms with Crippen LogP contribution in [-0.4, -0.2) is 44.0 Å². The number of morpholine rings is 1. The van der Waals surface area contributed by atoms with Crippen LogP contribution < -0.4 is 14.4 Å². The quantitative estimate of drug-likeness (QED) is 0.816. The number of rotatable bonds is 7. The summed E-state index contributed by atoms with van der Waals surface area (Å²) in [6, 6.07) is 7.99. The zero-order valence-electron chi connectivity index (χ0n) is 15.2. The summed E-state index contributed by atoms with van der Waals surface area (Å²) in [5.41, 5.74) is 2.25. The summed E-state index contributed by atoms with van der Waals surface area (Å²) in [5, 5.41) is 2.19. The molecule has 2 heterocycles. The summed E-state index contributed by atoms with van der Waals surface area (Å²) in [6.07, 6.45) is 1.17. The summed E-state index contributed by atoms with van der Waals surface area (Å²) >= 11 is 1.71. The first kappa shape index (κ1) is 18.2. The predicted octanol–water partition coefficient (Wildman–Crippen LogP) is 1.79. The zero-order valence-corrected chi connectivity index (χ0v) is 16.0. The van der Waals surface area contributed by atoms with Gasteiger partial charge in [0.2, 0.25) is 0 Å². The van der Waals surface area contributed by atoms with E-state index < -0.39 is 0 Å². The second-order valence-corrected chi connectivity index (χ2v) is 7.15. The highest BCUT2D eigenvalue weighted by Gasteiger charge is 2.13. The number of quaternary nitrogens is 1. The van der Waals surface area contributed by atoms with E-state index in [1.807, 2.05) is 31.2 Å². The van der Waals surface area contributed by atoms with Crippen molar-refractivity contribution < 1.29 is 14.4 Å². The number of hydrogen-bond acceptors (Lipinski definition) is 4. The average molecular weight is 363 g/mol. The molecule has 0 aliphatic carbocycles. The van der Waals surface area contributed by atoms with Crippen LogP contribution >= 0.6 is 11.3 Å². The predicted molar refractivity (Wildman–Crippen MR) is 101 cm³/mol.